The van der Waals surface area contributed by atoms with Crippen LogP contribution in [0.4, 0.5) is 0 Å². The van der Waals surface area contributed by atoms with E-state index in [1.165, 1.54) is 6.08 Å². The standard InChI is InChI=1S/C25H44O7P2/c1-16(2)29-33(27,30-17(3)4)23(34(28,31-18(5)6)32-19(7)8)15-21-13-14-22(26)24(20(21)9)25(10,11)12/h13-19,26H,1-12H3. The lowest BCUT2D eigenvalue weighted by Gasteiger charge is -2.31. The van der Waals surface area contributed by atoms with E-state index in [2.05, 4.69) is 0 Å². The van der Waals surface area contributed by atoms with Crippen LogP contribution in [0, 0.1) is 6.92 Å². The molecule has 1 aromatic carbocycles. The zero-order valence-corrected chi connectivity index (χ0v) is 24.6. The van der Waals surface area contributed by atoms with E-state index in [1.807, 2.05) is 27.7 Å². The molecule has 0 heterocycles. The third-order valence-corrected chi connectivity index (χ3v) is 10.1. The van der Waals surface area contributed by atoms with Gasteiger partial charge in [-0.25, -0.2) is 0 Å². The Hall–Kier alpha value is -0.940. The lowest BCUT2D eigenvalue weighted by molar-refractivity contribution is 0.138. The minimum atomic E-state index is -4.14. The lowest BCUT2D eigenvalue weighted by Crippen LogP contribution is -2.15. The van der Waals surface area contributed by atoms with E-state index in [0.717, 1.165) is 11.1 Å². The van der Waals surface area contributed by atoms with Crippen molar-refractivity contribution in [3.63, 3.8) is 0 Å². The Morgan fingerprint density at radius 2 is 1.15 bits per heavy atom. The van der Waals surface area contributed by atoms with Crippen molar-refractivity contribution in [2.75, 3.05) is 0 Å². The normalized spacial score (nSPS) is 13.4. The Balaban J connectivity index is 4.08. The zero-order chi connectivity index (χ0) is 26.6. The lowest BCUT2D eigenvalue weighted by atomic mass is 9.82. The van der Waals surface area contributed by atoms with Crippen molar-refractivity contribution < 1.29 is 32.3 Å². The number of benzene rings is 1. The van der Waals surface area contributed by atoms with Gasteiger partial charge in [0.05, 0.1) is 24.4 Å². The molecule has 0 atom stereocenters. The fourth-order valence-corrected chi connectivity index (χ4v) is 8.75. The molecule has 0 spiro atoms. The molecule has 0 aromatic heterocycles. The van der Waals surface area contributed by atoms with Crippen LogP contribution >= 0.6 is 15.2 Å². The van der Waals surface area contributed by atoms with E-state index in [1.54, 1.807) is 67.5 Å². The fourth-order valence-electron chi connectivity index (χ4n) is 3.64. The highest BCUT2D eigenvalue weighted by atomic mass is 31.2. The molecule has 7 nitrogen and oxygen atoms in total. The van der Waals surface area contributed by atoms with Gasteiger partial charge in [0.15, 0.2) is 5.06 Å². The number of hydrogen-bond donors (Lipinski definition) is 1. The third-order valence-electron chi connectivity index (χ3n) is 4.48. The van der Waals surface area contributed by atoms with Gasteiger partial charge in [0.25, 0.3) is 0 Å². The number of hydrogen-bond acceptors (Lipinski definition) is 7. The maximum absolute atomic E-state index is 14.3. The van der Waals surface area contributed by atoms with Crippen molar-refractivity contribution in [2.45, 2.75) is 113 Å². The molecular weight excluding hydrogens is 474 g/mol. The summed E-state index contributed by atoms with van der Waals surface area (Å²) >= 11 is 0. The van der Waals surface area contributed by atoms with Gasteiger partial charge in [-0.3, -0.25) is 9.13 Å². The van der Waals surface area contributed by atoms with Gasteiger partial charge in [-0.2, -0.15) is 0 Å². The molecule has 0 amide bonds. The highest BCUT2D eigenvalue weighted by Gasteiger charge is 2.48. The van der Waals surface area contributed by atoms with Gasteiger partial charge in [0, 0.05) is 5.56 Å². The van der Waals surface area contributed by atoms with Crippen LogP contribution in [0.3, 0.4) is 0 Å². The SMILES string of the molecule is Cc1c(C=C(P(=O)(OC(C)C)OC(C)C)P(=O)(OC(C)C)OC(C)C)ccc(O)c1C(C)(C)C. The van der Waals surface area contributed by atoms with Gasteiger partial charge in [-0.1, -0.05) is 26.8 Å². The first-order chi connectivity index (χ1) is 15.3. The quantitative estimate of drug-likeness (QED) is 0.294. The molecule has 0 aliphatic carbocycles. The number of phenols is 1. The van der Waals surface area contributed by atoms with E-state index in [-0.39, 0.29) is 16.2 Å². The first-order valence-corrected chi connectivity index (χ1v) is 14.9. The largest absolute Gasteiger partial charge is 0.508 e. The molecule has 1 rings (SSSR count). The van der Waals surface area contributed by atoms with Crippen LogP contribution in [0.2, 0.25) is 0 Å². The highest BCUT2D eigenvalue weighted by Crippen LogP contribution is 2.75. The molecular formula is C25H44O7P2. The van der Waals surface area contributed by atoms with Crippen molar-refractivity contribution in [2.24, 2.45) is 0 Å². The number of aromatic hydroxyl groups is 1. The molecule has 0 saturated carbocycles. The van der Waals surface area contributed by atoms with E-state index < -0.39 is 39.6 Å². The fraction of sp³-hybridized carbons (Fsp3) is 0.680. The van der Waals surface area contributed by atoms with Crippen LogP contribution in [-0.4, -0.2) is 29.5 Å². The van der Waals surface area contributed by atoms with Gasteiger partial charge < -0.3 is 23.2 Å². The topological polar surface area (TPSA) is 91.3 Å². The average Bonchev–Trinajstić information content (AvgIpc) is 2.56. The third kappa shape index (κ3) is 8.33. The van der Waals surface area contributed by atoms with Crippen LogP contribution < -0.4 is 0 Å². The minimum absolute atomic E-state index is 0.154. The first-order valence-electron chi connectivity index (χ1n) is 11.8. The van der Waals surface area contributed by atoms with Crippen LogP contribution in [-0.2, 0) is 32.6 Å². The summed E-state index contributed by atoms with van der Waals surface area (Å²) in [4.78, 5) is 0. The molecule has 1 aromatic rings. The second-order valence-corrected chi connectivity index (χ2v) is 14.7. The Morgan fingerprint density at radius 1 is 0.794 bits per heavy atom. The van der Waals surface area contributed by atoms with Crippen molar-refractivity contribution in [3.05, 3.63) is 33.9 Å². The maximum atomic E-state index is 14.3. The van der Waals surface area contributed by atoms with Crippen molar-refractivity contribution >= 4 is 21.3 Å². The summed E-state index contributed by atoms with van der Waals surface area (Å²) in [5.41, 5.74) is 1.73. The molecule has 34 heavy (non-hydrogen) atoms. The molecule has 0 bridgehead atoms. The van der Waals surface area contributed by atoms with E-state index in [4.69, 9.17) is 18.1 Å². The van der Waals surface area contributed by atoms with Crippen LogP contribution in [0.15, 0.2) is 17.2 Å². The van der Waals surface area contributed by atoms with Crippen LogP contribution in [0.25, 0.3) is 6.08 Å². The number of rotatable bonds is 11. The Kier molecular flexibility index (Phi) is 10.8. The Labute approximate surface area is 206 Å². The summed E-state index contributed by atoms with van der Waals surface area (Å²) in [7, 11) is -8.29. The molecule has 0 fully saturated rings. The number of phenolic OH excluding ortho intramolecular Hbond substituents is 1. The minimum Gasteiger partial charge on any atom is -0.508 e. The molecule has 196 valence electrons. The molecule has 9 heteroatoms. The Morgan fingerprint density at radius 3 is 1.44 bits per heavy atom. The second kappa shape index (κ2) is 11.9. The second-order valence-electron chi connectivity index (χ2n) is 10.5. The molecule has 0 unspecified atom stereocenters. The van der Waals surface area contributed by atoms with Gasteiger partial charge in [-0.15, -0.1) is 0 Å². The smallest absolute Gasteiger partial charge is 0.370 e. The van der Waals surface area contributed by atoms with E-state index in [0.29, 0.717) is 5.56 Å². The predicted octanol–water partition coefficient (Wildman–Crippen LogP) is 8.38. The van der Waals surface area contributed by atoms with E-state index >= 15 is 0 Å². The molecule has 0 aliphatic rings. The summed E-state index contributed by atoms with van der Waals surface area (Å²) in [6.45, 7) is 21.7. The van der Waals surface area contributed by atoms with Crippen LogP contribution in [0.1, 0.15) is 92.9 Å². The molecule has 0 radical (unpaired) electrons. The Bertz CT molecular complexity index is 889. The highest BCUT2D eigenvalue weighted by molar-refractivity contribution is 7.79. The van der Waals surface area contributed by atoms with Gasteiger partial charge >= 0.3 is 15.2 Å². The van der Waals surface area contributed by atoms with Crippen LogP contribution in [0.5, 0.6) is 5.75 Å². The monoisotopic (exact) mass is 518 g/mol. The average molecular weight is 519 g/mol. The van der Waals surface area contributed by atoms with Gasteiger partial charge in [-0.05, 0) is 91.0 Å². The summed E-state index contributed by atoms with van der Waals surface area (Å²) in [5, 5.41) is 10.4. The summed E-state index contributed by atoms with van der Waals surface area (Å²) in [5.74, 6) is 0.156. The summed E-state index contributed by atoms with van der Waals surface area (Å²) < 4.78 is 52.0. The summed E-state index contributed by atoms with van der Waals surface area (Å²) in [6, 6.07) is 3.26. The van der Waals surface area contributed by atoms with Crippen molar-refractivity contribution in [3.8, 4) is 5.75 Å². The first kappa shape index (κ1) is 31.1. The van der Waals surface area contributed by atoms with Gasteiger partial charge in [0.2, 0.25) is 0 Å². The maximum Gasteiger partial charge on any atom is 0.370 e. The predicted molar refractivity (Wildman–Crippen MR) is 140 cm³/mol. The van der Waals surface area contributed by atoms with Crippen molar-refractivity contribution in [1.82, 2.24) is 0 Å². The molecule has 0 saturated heterocycles. The van der Waals surface area contributed by atoms with Gasteiger partial charge in [0.1, 0.15) is 5.75 Å². The van der Waals surface area contributed by atoms with Crippen molar-refractivity contribution in [1.29, 1.82) is 0 Å². The van der Waals surface area contributed by atoms with E-state index in [9.17, 15) is 14.2 Å². The molecule has 1 N–H and O–H groups in total. The summed E-state index contributed by atoms with van der Waals surface area (Å²) in [6.07, 6.45) is -0.395. The molecule has 0 aliphatic heterocycles. The zero-order valence-electron chi connectivity index (χ0n) is 22.8.